The Bertz CT molecular complexity index is 762. The van der Waals surface area contributed by atoms with Crippen LogP contribution in [-0.4, -0.2) is 86.9 Å². The van der Waals surface area contributed by atoms with E-state index in [9.17, 15) is 8.42 Å². The first-order chi connectivity index (χ1) is 13.9. The number of ether oxygens (including phenoxy) is 2. The third-order valence-electron chi connectivity index (χ3n) is 4.48. The van der Waals surface area contributed by atoms with Crippen LogP contribution in [-0.2, 0) is 21.3 Å². The van der Waals surface area contributed by atoms with E-state index >= 15 is 0 Å². The molecule has 0 atom stereocenters. The summed E-state index contributed by atoms with van der Waals surface area (Å²) in [4.78, 5) is 10.9. The van der Waals surface area contributed by atoms with Crippen LogP contribution in [0.25, 0.3) is 0 Å². The molecule has 1 aromatic rings. The number of rotatable bonds is 9. The van der Waals surface area contributed by atoms with E-state index in [2.05, 4.69) is 15.2 Å². The molecule has 0 bridgehead atoms. The average molecular weight is 428 g/mol. The van der Waals surface area contributed by atoms with E-state index < -0.39 is 10.0 Å². The molecule has 1 N–H and O–H groups in total. The molecule has 0 saturated carbocycles. The molecular weight excluding hydrogens is 394 g/mol. The number of guanidine groups is 1. The normalized spacial score (nSPS) is 16.3. The van der Waals surface area contributed by atoms with Gasteiger partial charge in [-0.05, 0) is 32.4 Å². The van der Waals surface area contributed by atoms with Crippen LogP contribution >= 0.6 is 0 Å². The topological polar surface area (TPSA) is 96.4 Å². The highest BCUT2D eigenvalue weighted by Gasteiger charge is 2.28. The van der Waals surface area contributed by atoms with Crippen LogP contribution in [0.1, 0.15) is 26.3 Å². The zero-order valence-electron chi connectivity index (χ0n) is 17.8. The van der Waals surface area contributed by atoms with Crippen molar-refractivity contribution in [3.05, 3.63) is 23.9 Å². The molecule has 0 amide bonds. The summed E-state index contributed by atoms with van der Waals surface area (Å²) in [6.07, 6.45) is 1.73. The summed E-state index contributed by atoms with van der Waals surface area (Å²) in [5.74, 6) is 1.36. The fourth-order valence-corrected chi connectivity index (χ4v) is 4.23. The molecule has 9 nitrogen and oxygen atoms in total. The van der Waals surface area contributed by atoms with Crippen LogP contribution < -0.4 is 10.1 Å². The van der Waals surface area contributed by atoms with Gasteiger partial charge < -0.3 is 19.7 Å². The van der Waals surface area contributed by atoms with Gasteiger partial charge in [0.1, 0.15) is 0 Å². The summed E-state index contributed by atoms with van der Waals surface area (Å²) in [7, 11) is -1.72. The van der Waals surface area contributed by atoms with Gasteiger partial charge in [-0.3, -0.25) is 0 Å². The second kappa shape index (κ2) is 11.3. The molecule has 1 saturated heterocycles. The van der Waals surface area contributed by atoms with Crippen molar-refractivity contribution in [1.29, 1.82) is 0 Å². The Morgan fingerprint density at radius 3 is 2.66 bits per heavy atom. The quantitative estimate of drug-likeness (QED) is 0.463. The Kier molecular flexibility index (Phi) is 9.12. The largest absolute Gasteiger partial charge is 0.481 e. The maximum absolute atomic E-state index is 12.5. The summed E-state index contributed by atoms with van der Waals surface area (Å²) >= 11 is 0. The molecule has 1 aliphatic heterocycles. The van der Waals surface area contributed by atoms with Crippen LogP contribution in [0.15, 0.2) is 23.3 Å². The number of piperazine rings is 1. The van der Waals surface area contributed by atoms with Gasteiger partial charge in [0.25, 0.3) is 0 Å². The van der Waals surface area contributed by atoms with Crippen molar-refractivity contribution in [3.63, 3.8) is 0 Å². The molecule has 1 aromatic heterocycles. The van der Waals surface area contributed by atoms with Crippen LogP contribution in [0, 0.1) is 0 Å². The number of sulfonamides is 1. The predicted octanol–water partition coefficient (Wildman–Crippen LogP) is 0.928. The number of nitrogens with one attached hydrogen (secondary N) is 1. The van der Waals surface area contributed by atoms with Gasteiger partial charge in [0.15, 0.2) is 5.96 Å². The molecule has 0 radical (unpaired) electrons. The summed E-state index contributed by atoms with van der Waals surface area (Å²) in [5.41, 5.74) is 0.999. The molecule has 0 aliphatic carbocycles. The molecule has 164 valence electrons. The predicted molar refractivity (Wildman–Crippen MR) is 114 cm³/mol. The van der Waals surface area contributed by atoms with E-state index in [0.29, 0.717) is 38.6 Å². The smallest absolute Gasteiger partial charge is 0.216 e. The van der Waals surface area contributed by atoms with Crippen molar-refractivity contribution in [3.8, 4) is 5.88 Å². The lowest BCUT2D eigenvalue weighted by Crippen LogP contribution is -2.54. The Hall–Kier alpha value is -1.91. The minimum absolute atomic E-state index is 0.0171. The standard InChI is InChI=1S/C19H33N5O4S/c1-5-20-19(22-15-17-6-7-21-18(14-17)27-4)23-8-10-24(11-9-23)29(25,26)13-12-28-16(2)3/h6-7,14,16H,5,8-13,15H2,1-4H3,(H,20,22). The zero-order valence-corrected chi connectivity index (χ0v) is 18.6. The van der Waals surface area contributed by atoms with Crippen molar-refractivity contribution in [2.24, 2.45) is 4.99 Å². The minimum atomic E-state index is -3.30. The number of pyridine rings is 1. The van der Waals surface area contributed by atoms with E-state index in [4.69, 9.17) is 14.5 Å². The van der Waals surface area contributed by atoms with Crippen LogP contribution in [0.2, 0.25) is 0 Å². The number of hydrogen-bond donors (Lipinski definition) is 1. The number of aliphatic imine (C=N–C) groups is 1. The van der Waals surface area contributed by atoms with Crippen molar-refractivity contribution in [2.45, 2.75) is 33.4 Å². The molecule has 10 heteroatoms. The van der Waals surface area contributed by atoms with E-state index in [1.165, 1.54) is 0 Å². The first-order valence-electron chi connectivity index (χ1n) is 9.97. The van der Waals surface area contributed by atoms with Crippen molar-refractivity contribution < 1.29 is 17.9 Å². The van der Waals surface area contributed by atoms with Gasteiger partial charge in [-0.2, -0.15) is 4.31 Å². The second-order valence-corrected chi connectivity index (χ2v) is 9.09. The van der Waals surface area contributed by atoms with Gasteiger partial charge >= 0.3 is 0 Å². The first kappa shape index (κ1) is 23.4. The molecule has 29 heavy (non-hydrogen) atoms. The number of nitrogens with zero attached hydrogens (tertiary/aromatic N) is 4. The third kappa shape index (κ3) is 7.45. The lowest BCUT2D eigenvalue weighted by molar-refractivity contribution is 0.0904. The lowest BCUT2D eigenvalue weighted by Gasteiger charge is -2.36. The molecule has 0 unspecified atom stereocenters. The molecule has 0 aromatic carbocycles. The Morgan fingerprint density at radius 1 is 1.31 bits per heavy atom. The number of methoxy groups -OCH3 is 1. The average Bonchev–Trinajstić information content (AvgIpc) is 2.71. The minimum Gasteiger partial charge on any atom is -0.481 e. The van der Waals surface area contributed by atoms with Crippen molar-refractivity contribution in [1.82, 2.24) is 19.5 Å². The fourth-order valence-electron chi connectivity index (χ4n) is 2.95. The third-order valence-corrected chi connectivity index (χ3v) is 6.31. The van der Waals surface area contributed by atoms with Crippen molar-refractivity contribution >= 4 is 16.0 Å². The lowest BCUT2D eigenvalue weighted by atomic mass is 10.3. The summed E-state index contributed by atoms with van der Waals surface area (Å²) < 4.78 is 37.1. The van der Waals surface area contributed by atoms with Gasteiger partial charge in [0.05, 0.1) is 32.1 Å². The van der Waals surface area contributed by atoms with E-state index in [0.717, 1.165) is 18.1 Å². The van der Waals surface area contributed by atoms with E-state index in [1.807, 2.05) is 32.9 Å². The van der Waals surface area contributed by atoms with E-state index in [1.54, 1.807) is 17.6 Å². The number of hydrogen-bond acceptors (Lipinski definition) is 6. The maximum atomic E-state index is 12.5. The van der Waals surface area contributed by atoms with Crippen LogP contribution in [0.5, 0.6) is 5.88 Å². The monoisotopic (exact) mass is 427 g/mol. The molecule has 0 spiro atoms. The molecule has 1 aliphatic rings. The molecule has 2 rings (SSSR count). The molecular formula is C19H33N5O4S. The summed E-state index contributed by atoms with van der Waals surface area (Å²) in [6, 6.07) is 3.76. The highest BCUT2D eigenvalue weighted by Crippen LogP contribution is 2.12. The highest BCUT2D eigenvalue weighted by atomic mass is 32.2. The maximum Gasteiger partial charge on any atom is 0.216 e. The zero-order chi connectivity index (χ0) is 21.3. The Morgan fingerprint density at radius 2 is 2.03 bits per heavy atom. The van der Waals surface area contributed by atoms with Crippen LogP contribution in [0.4, 0.5) is 0 Å². The first-order valence-corrected chi connectivity index (χ1v) is 11.6. The summed E-state index contributed by atoms with van der Waals surface area (Å²) in [6.45, 7) is 9.33. The molecule has 1 fully saturated rings. The van der Waals surface area contributed by atoms with Gasteiger partial charge in [-0.15, -0.1) is 0 Å². The Balaban J connectivity index is 1.94. The summed E-state index contributed by atoms with van der Waals surface area (Å²) in [5, 5.41) is 3.29. The second-order valence-electron chi connectivity index (χ2n) is 7.00. The Labute approximate surface area is 174 Å². The van der Waals surface area contributed by atoms with Gasteiger partial charge in [0, 0.05) is 45.0 Å². The molecule has 2 heterocycles. The van der Waals surface area contributed by atoms with Crippen molar-refractivity contribution in [2.75, 3.05) is 52.2 Å². The van der Waals surface area contributed by atoms with Gasteiger partial charge in [0.2, 0.25) is 15.9 Å². The number of aromatic nitrogens is 1. The van der Waals surface area contributed by atoms with Gasteiger partial charge in [-0.25, -0.2) is 18.4 Å². The fraction of sp³-hybridized carbons (Fsp3) is 0.684. The van der Waals surface area contributed by atoms with E-state index in [-0.39, 0.29) is 18.5 Å². The van der Waals surface area contributed by atoms with Gasteiger partial charge in [-0.1, -0.05) is 0 Å². The SMILES string of the molecule is CCNC(=NCc1ccnc(OC)c1)N1CCN(S(=O)(=O)CCOC(C)C)CC1. The van der Waals surface area contributed by atoms with Crippen LogP contribution in [0.3, 0.4) is 0 Å². The highest BCUT2D eigenvalue weighted by molar-refractivity contribution is 7.89.